The molecule has 0 aliphatic carbocycles. The predicted octanol–water partition coefficient (Wildman–Crippen LogP) is 2.88. The minimum absolute atomic E-state index is 0.182. The molecule has 0 unspecified atom stereocenters. The molecule has 2 aromatic carbocycles. The van der Waals surface area contributed by atoms with Gasteiger partial charge in [-0.05, 0) is 35.9 Å². The highest BCUT2D eigenvalue weighted by molar-refractivity contribution is 5.90. The third-order valence-electron chi connectivity index (χ3n) is 3.37. The summed E-state index contributed by atoms with van der Waals surface area (Å²) in [6, 6.07) is 14.2. The highest BCUT2D eigenvalue weighted by Gasteiger charge is 2.04. The molecule has 0 atom stereocenters. The fourth-order valence-corrected chi connectivity index (χ4v) is 2.25. The van der Waals surface area contributed by atoms with Gasteiger partial charge in [0.15, 0.2) is 0 Å². The number of carbonyl (C=O) groups is 1. The normalized spacial score (nSPS) is 11.0. The van der Waals surface area contributed by atoms with E-state index in [1.165, 1.54) is 7.11 Å². The van der Waals surface area contributed by atoms with Crippen molar-refractivity contribution in [3.8, 4) is 0 Å². The van der Waals surface area contributed by atoms with Crippen LogP contribution in [0.3, 0.4) is 0 Å². The van der Waals surface area contributed by atoms with Crippen LogP contribution >= 0.6 is 0 Å². The Morgan fingerprint density at radius 1 is 1.13 bits per heavy atom. The van der Waals surface area contributed by atoms with Crippen LogP contribution in [0.4, 0.5) is 0 Å². The standard InChI is InChI=1S/C18H14N2O3/c1-23-18(22)13-6-4-5-12(11-13)9-10-16-19-15-8-3-2-7-14(15)17(21)20-16/h2-11H,1H3,(H,19,20,21)/b10-9+. The molecule has 114 valence electrons. The van der Waals surface area contributed by atoms with Crippen LogP contribution in [-0.4, -0.2) is 23.0 Å². The van der Waals surface area contributed by atoms with Crippen molar-refractivity contribution in [3.63, 3.8) is 0 Å². The summed E-state index contributed by atoms with van der Waals surface area (Å²) in [6.07, 6.45) is 3.48. The first-order chi connectivity index (χ1) is 11.2. The zero-order valence-corrected chi connectivity index (χ0v) is 12.4. The molecule has 0 radical (unpaired) electrons. The number of ether oxygens (including phenoxy) is 1. The van der Waals surface area contributed by atoms with Gasteiger partial charge in [0.2, 0.25) is 0 Å². The van der Waals surface area contributed by atoms with Gasteiger partial charge in [0.25, 0.3) is 5.56 Å². The third kappa shape index (κ3) is 3.18. The first-order valence-corrected chi connectivity index (χ1v) is 7.03. The molecule has 0 fully saturated rings. The summed E-state index contributed by atoms with van der Waals surface area (Å²) in [5.41, 5.74) is 1.73. The third-order valence-corrected chi connectivity index (χ3v) is 3.37. The van der Waals surface area contributed by atoms with Gasteiger partial charge in [-0.15, -0.1) is 0 Å². The van der Waals surface area contributed by atoms with E-state index < -0.39 is 5.97 Å². The van der Waals surface area contributed by atoms with Crippen LogP contribution in [0.2, 0.25) is 0 Å². The summed E-state index contributed by atoms with van der Waals surface area (Å²) in [5, 5.41) is 0.553. The van der Waals surface area contributed by atoms with E-state index in [4.69, 9.17) is 4.74 Å². The van der Waals surface area contributed by atoms with Crippen LogP contribution in [0.25, 0.3) is 23.1 Å². The van der Waals surface area contributed by atoms with E-state index in [-0.39, 0.29) is 5.56 Å². The van der Waals surface area contributed by atoms with Crippen molar-refractivity contribution in [2.24, 2.45) is 0 Å². The van der Waals surface area contributed by atoms with Crippen molar-refractivity contribution < 1.29 is 9.53 Å². The number of aromatic amines is 1. The average Bonchev–Trinajstić information content (AvgIpc) is 2.59. The molecule has 5 nitrogen and oxygen atoms in total. The Kier molecular flexibility index (Phi) is 4.01. The summed E-state index contributed by atoms with van der Waals surface area (Å²) < 4.78 is 4.70. The molecule has 3 aromatic rings. The Hall–Kier alpha value is -3.21. The number of fused-ring (bicyclic) bond motifs is 1. The first kappa shape index (κ1) is 14.7. The van der Waals surface area contributed by atoms with Crippen LogP contribution < -0.4 is 5.56 Å². The molecule has 1 heterocycles. The molecule has 23 heavy (non-hydrogen) atoms. The van der Waals surface area contributed by atoms with Gasteiger partial charge >= 0.3 is 5.97 Å². The van der Waals surface area contributed by atoms with Gasteiger partial charge < -0.3 is 9.72 Å². The number of aromatic nitrogens is 2. The lowest BCUT2D eigenvalue weighted by Crippen LogP contribution is -2.09. The highest BCUT2D eigenvalue weighted by Crippen LogP contribution is 2.11. The van der Waals surface area contributed by atoms with Crippen molar-refractivity contribution >= 4 is 29.0 Å². The lowest BCUT2D eigenvalue weighted by atomic mass is 10.1. The van der Waals surface area contributed by atoms with Gasteiger partial charge in [0.1, 0.15) is 5.82 Å². The van der Waals surface area contributed by atoms with Crippen LogP contribution in [-0.2, 0) is 4.74 Å². The maximum Gasteiger partial charge on any atom is 0.337 e. The second kappa shape index (κ2) is 6.27. The van der Waals surface area contributed by atoms with Crippen LogP contribution in [0.5, 0.6) is 0 Å². The van der Waals surface area contributed by atoms with Crippen LogP contribution in [0.1, 0.15) is 21.7 Å². The molecular weight excluding hydrogens is 292 g/mol. The van der Waals surface area contributed by atoms with E-state index in [0.29, 0.717) is 22.3 Å². The Morgan fingerprint density at radius 2 is 1.96 bits per heavy atom. The smallest absolute Gasteiger partial charge is 0.337 e. The van der Waals surface area contributed by atoms with Crippen molar-refractivity contribution in [1.29, 1.82) is 0 Å². The molecule has 5 heteroatoms. The van der Waals surface area contributed by atoms with Gasteiger partial charge in [-0.3, -0.25) is 4.79 Å². The molecule has 0 spiro atoms. The molecule has 1 aromatic heterocycles. The number of carbonyl (C=O) groups excluding carboxylic acids is 1. The number of esters is 1. The van der Waals surface area contributed by atoms with Crippen molar-refractivity contribution in [2.75, 3.05) is 7.11 Å². The molecule has 0 aliphatic heterocycles. The molecule has 0 amide bonds. The molecule has 0 saturated heterocycles. The molecule has 0 saturated carbocycles. The van der Waals surface area contributed by atoms with Gasteiger partial charge in [0, 0.05) is 0 Å². The Morgan fingerprint density at radius 3 is 2.78 bits per heavy atom. The number of methoxy groups -OCH3 is 1. The monoisotopic (exact) mass is 306 g/mol. The average molecular weight is 306 g/mol. The lowest BCUT2D eigenvalue weighted by Gasteiger charge is -2.01. The summed E-state index contributed by atoms with van der Waals surface area (Å²) in [7, 11) is 1.34. The number of H-pyrrole nitrogens is 1. The fraction of sp³-hybridized carbons (Fsp3) is 0.0556. The minimum atomic E-state index is -0.391. The molecule has 1 N–H and O–H groups in total. The van der Waals surface area contributed by atoms with E-state index in [0.717, 1.165) is 5.56 Å². The first-order valence-electron chi connectivity index (χ1n) is 7.03. The molecular formula is C18H14N2O3. The van der Waals surface area contributed by atoms with Gasteiger partial charge in [-0.2, -0.15) is 0 Å². The SMILES string of the molecule is COC(=O)c1cccc(/C=C/c2nc3ccccc3c(=O)[nH]2)c1. The van der Waals surface area contributed by atoms with Crippen LogP contribution in [0, 0.1) is 0 Å². The largest absolute Gasteiger partial charge is 0.465 e. The fourth-order valence-electron chi connectivity index (χ4n) is 2.25. The van der Waals surface area contributed by atoms with E-state index >= 15 is 0 Å². The lowest BCUT2D eigenvalue weighted by molar-refractivity contribution is 0.0600. The second-order valence-corrected chi connectivity index (χ2v) is 4.92. The topological polar surface area (TPSA) is 72.0 Å². The zero-order valence-electron chi connectivity index (χ0n) is 12.4. The summed E-state index contributed by atoms with van der Waals surface area (Å²) in [5.74, 6) is 0.0645. The zero-order chi connectivity index (χ0) is 16.2. The van der Waals surface area contributed by atoms with Crippen molar-refractivity contribution in [2.45, 2.75) is 0 Å². The number of nitrogens with zero attached hydrogens (tertiary/aromatic N) is 1. The van der Waals surface area contributed by atoms with Crippen LogP contribution in [0.15, 0.2) is 53.3 Å². The Balaban J connectivity index is 1.94. The van der Waals surface area contributed by atoms with E-state index in [2.05, 4.69) is 9.97 Å². The quantitative estimate of drug-likeness (QED) is 0.755. The van der Waals surface area contributed by atoms with Gasteiger partial charge in [-0.25, -0.2) is 9.78 Å². The highest BCUT2D eigenvalue weighted by atomic mass is 16.5. The summed E-state index contributed by atoms with van der Waals surface area (Å²) in [4.78, 5) is 30.6. The molecule has 0 bridgehead atoms. The van der Waals surface area contributed by atoms with E-state index in [1.54, 1.807) is 48.6 Å². The maximum atomic E-state index is 12.0. The number of hydrogen-bond donors (Lipinski definition) is 1. The van der Waals surface area contributed by atoms with Gasteiger partial charge in [-0.1, -0.05) is 30.3 Å². The number of hydrogen-bond acceptors (Lipinski definition) is 4. The number of nitrogens with one attached hydrogen (secondary N) is 1. The summed E-state index contributed by atoms with van der Waals surface area (Å²) >= 11 is 0. The van der Waals surface area contributed by atoms with Gasteiger partial charge in [0.05, 0.1) is 23.6 Å². The second-order valence-electron chi connectivity index (χ2n) is 4.92. The Labute approximate surface area is 132 Å². The number of rotatable bonds is 3. The van der Waals surface area contributed by atoms with E-state index in [1.807, 2.05) is 12.1 Å². The predicted molar refractivity (Wildman–Crippen MR) is 89.1 cm³/mol. The molecule has 0 aliphatic rings. The molecule has 3 rings (SSSR count). The minimum Gasteiger partial charge on any atom is -0.465 e. The number of para-hydroxylation sites is 1. The number of benzene rings is 2. The van der Waals surface area contributed by atoms with E-state index in [9.17, 15) is 9.59 Å². The maximum absolute atomic E-state index is 12.0. The Bertz CT molecular complexity index is 958. The van der Waals surface area contributed by atoms with Crippen molar-refractivity contribution in [3.05, 3.63) is 75.8 Å². The summed E-state index contributed by atoms with van der Waals surface area (Å²) in [6.45, 7) is 0. The van der Waals surface area contributed by atoms with Crippen molar-refractivity contribution in [1.82, 2.24) is 9.97 Å².